The summed E-state index contributed by atoms with van der Waals surface area (Å²) >= 11 is 12.1. The number of carbonyl (C=O) groups is 4. The van der Waals surface area contributed by atoms with Crippen molar-refractivity contribution in [2.45, 2.75) is 6.92 Å². The topological polar surface area (TPSA) is 105 Å². The highest BCUT2D eigenvalue weighted by Crippen LogP contribution is 2.31. The van der Waals surface area contributed by atoms with Crippen LogP contribution in [-0.2, 0) is 14.3 Å². The molecule has 0 atom stereocenters. The first-order valence-electron chi connectivity index (χ1n) is 10.8. The fourth-order valence-corrected chi connectivity index (χ4v) is 3.80. The van der Waals surface area contributed by atoms with Gasteiger partial charge >= 0.3 is 5.97 Å². The van der Waals surface area contributed by atoms with Gasteiger partial charge in [-0.3, -0.25) is 14.4 Å². The first-order valence-corrected chi connectivity index (χ1v) is 11.5. The summed E-state index contributed by atoms with van der Waals surface area (Å²) in [5.41, 5.74) is 1.56. The minimum absolute atomic E-state index is 0.115. The van der Waals surface area contributed by atoms with E-state index in [0.717, 1.165) is 4.90 Å². The second kappa shape index (κ2) is 10.6. The zero-order valence-corrected chi connectivity index (χ0v) is 20.4. The highest BCUT2D eigenvalue weighted by Gasteiger charge is 2.39. The number of hydrogen-bond donors (Lipinski definition) is 2. The van der Waals surface area contributed by atoms with Crippen molar-refractivity contribution in [3.05, 3.63) is 99.7 Å². The average molecular weight is 524 g/mol. The van der Waals surface area contributed by atoms with Gasteiger partial charge in [0.25, 0.3) is 17.7 Å². The quantitative estimate of drug-likeness (QED) is 0.325. The van der Waals surface area contributed by atoms with Crippen molar-refractivity contribution < 1.29 is 23.9 Å². The summed E-state index contributed by atoms with van der Waals surface area (Å²) in [5.74, 6) is -2.26. The molecule has 0 aliphatic carbocycles. The maximum atomic E-state index is 13.0. The molecule has 10 heteroatoms. The lowest BCUT2D eigenvalue weighted by Gasteiger charge is -2.15. The molecule has 4 rings (SSSR count). The Morgan fingerprint density at radius 2 is 1.50 bits per heavy atom. The van der Waals surface area contributed by atoms with Gasteiger partial charge in [0.1, 0.15) is 10.7 Å². The third-order valence-electron chi connectivity index (χ3n) is 5.14. The van der Waals surface area contributed by atoms with Crippen molar-refractivity contribution in [3.63, 3.8) is 0 Å². The maximum Gasteiger partial charge on any atom is 0.338 e. The van der Waals surface area contributed by atoms with Gasteiger partial charge in [0.05, 0.1) is 17.9 Å². The van der Waals surface area contributed by atoms with Gasteiger partial charge in [0, 0.05) is 22.0 Å². The number of carbonyl (C=O) groups excluding carboxylic acids is 4. The largest absolute Gasteiger partial charge is 0.462 e. The standard InChI is InChI=1S/C26H19Cl2N3O5/c1-2-36-26(35)16-6-4-8-19(14-16)30-23(32)15-5-3-7-18(13-15)29-22-21(28)24(33)31(25(22)34)20-11-9-17(27)10-12-20/h3-14,29H,2H2,1H3,(H,30,32). The molecule has 0 aromatic heterocycles. The number of nitrogens with zero attached hydrogens (tertiary/aromatic N) is 1. The van der Waals surface area contributed by atoms with Crippen LogP contribution in [0.1, 0.15) is 27.6 Å². The van der Waals surface area contributed by atoms with E-state index < -0.39 is 23.7 Å². The average Bonchev–Trinajstić information content (AvgIpc) is 3.08. The van der Waals surface area contributed by atoms with Gasteiger partial charge in [-0.15, -0.1) is 0 Å². The van der Waals surface area contributed by atoms with Crippen LogP contribution in [-0.4, -0.2) is 30.3 Å². The Morgan fingerprint density at radius 1 is 0.861 bits per heavy atom. The number of hydrogen-bond acceptors (Lipinski definition) is 6. The van der Waals surface area contributed by atoms with Gasteiger partial charge in [-0.25, -0.2) is 9.69 Å². The minimum atomic E-state index is -0.679. The molecule has 0 saturated carbocycles. The van der Waals surface area contributed by atoms with E-state index in [2.05, 4.69) is 10.6 Å². The van der Waals surface area contributed by atoms with Crippen LogP contribution in [0, 0.1) is 0 Å². The summed E-state index contributed by atoms with van der Waals surface area (Å²) < 4.78 is 4.98. The highest BCUT2D eigenvalue weighted by atomic mass is 35.5. The molecule has 0 spiro atoms. The van der Waals surface area contributed by atoms with E-state index in [9.17, 15) is 19.2 Å². The number of esters is 1. The number of imide groups is 1. The monoisotopic (exact) mass is 523 g/mol. The number of ether oxygens (including phenoxy) is 1. The molecule has 1 aliphatic heterocycles. The summed E-state index contributed by atoms with van der Waals surface area (Å²) in [6.45, 7) is 1.94. The summed E-state index contributed by atoms with van der Waals surface area (Å²) in [6, 6.07) is 18.9. The second-order valence-corrected chi connectivity index (χ2v) is 8.39. The molecule has 3 aromatic rings. The maximum absolute atomic E-state index is 13.0. The normalized spacial score (nSPS) is 13.1. The Bertz CT molecular complexity index is 1400. The third kappa shape index (κ3) is 5.25. The predicted octanol–water partition coefficient (Wildman–Crippen LogP) is 5.20. The fraction of sp³-hybridized carbons (Fsp3) is 0.0769. The molecular weight excluding hydrogens is 505 g/mol. The van der Waals surface area contributed by atoms with E-state index in [-0.39, 0.29) is 22.9 Å². The highest BCUT2D eigenvalue weighted by molar-refractivity contribution is 6.53. The van der Waals surface area contributed by atoms with Crippen LogP contribution < -0.4 is 15.5 Å². The molecular formula is C26H19Cl2N3O5. The van der Waals surface area contributed by atoms with Crippen LogP contribution >= 0.6 is 23.2 Å². The van der Waals surface area contributed by atoms with Crippen molar-refractivity contribution in [2.75, 3.05) is 22.1 Å². The minimum Gasteiger partial charge on any atom is -0.462 e. The van der Waals surface area contributed by atoms with Crippen LogP contribution in [0.5, 0.6) is 0 Å². The SMILES string of the molecule is CCOC(=O)c1cccc(NC(=O)c2cccc(NC3=C(Cl)C(=O)N(c4ccc(Cl)cc4)C3=O)c2)c1. The Hall–Kier alpha value is -4.14. The lowest BCUT2D eigenvalue weighted by atomic mass is 10.1. The molecule has 8 nitrogen and oxygen atoms in total. The Kier molecular flexibility index (Phi) is 7.38. The second-order valence-electron chi connectivity index (χ2n) is 7.57. The van der Waals surface area contributed by atoms with E-state index in [1.54, 1.807) is 55.5 Å². The number of benzene rings is 3. The van der Waals surface area contributed by atoms with Crippen molar-refractivity contribution in [3.8, 4) is 0 Å². The molecule has 3 amide bonds. The lowest BCUT2D eigenvalue weighted by molar-refractivity contribution is -0.120. The molecule has 0 bridgehead atoms. The molecule has 3 aromatic carbocycles. The fourth-order valence-electron chi connectivity index (χ4n) is 3.46. The number of nitrogens with one attached hydrogen (secondary N) is 2. The molecule has 1 heterocycles. The zero-order chi connectivity index (χ0) is 25.8. The van der Waals surface area contributed by atoms with Crippen LogP contribution in [0.25, 0.3) is 0 Å². The molecule has 0 saturated heterocycles. The van der Waals surface area contributed by atoms with Gasteiger partial charge < -0.3 is 15.4 Å². The number of rotatable bonds is 7. The van der Waals surface area contributed by atoms with Crippen molar-refractivity contribution in [2.24, 2.45) is 0 Å². The summed E-state index contributed by atoms with van der Waals surface area (Å²) in [6.07, 6.45) is 0. The summed E-state index contributed by atoms with van der Waals surface area (Å²) in [5, 5.41) is 5.75. The van der Waals surface area contributed by atoms with Crippen LogP contribution in [0.15, 0.2) is 83.5 Å². The molecule has 0 fully saturated rings. The molecule has 182 valence electrons. The number of anilines is 3. The Balaban J connectivity index is 1.50. The van der Waals surface area contributed by atoms with E-state index >= 15 is 0 Å². The van der Waals surface area contributed by atoms with Crippen LogP contribution in [0.3, 0.4) is 0 Å². The zero-order valence-electron chi connectivity index (χ0n) is 18.9. The van der Waals surface area contributed by atoms with E-state index in [1.165, 1.54) is 24.3 Å². The van der Waals surface area contributed by atoms with Gasteiger partial charge in [0.2, 0.25) is 0 Å². The van der Waals surface area contributed by atoms with Crippen LogP contribution in [0.2, 0.25) is 5.02 Å². The smallest absolute Gasteiger partial charge is 0.338 e. The van der Waals surface area contributed by atoms with Crippen molar-refractivity contribution >= 4 is 64.0 Å². The molecule has 0 radical (unpaired) electrons. The Labute approximate surface area is 216 Å². The molecule has 0 unspecified atom stereocenters. The third-order valence-corrected chi connectivity index (χ3v) is 5.74. The lowest BCUT2D eigenvalue weighted by Crippen LogP contribution is -2.32. The molecule has 1 aliphatic rings. The van der Waals surface area contributed by atoms with E-state index in [0.29, 0.717) is 27.6 Å². The first kappa shape index (κ1) is 25.0. The molecule has 2 N–H and O–H groups in total. The summed E-state index contributed by atoms with van der Waals surface area (Å²) in [7, 11) is 0. The molecule has 36 heavy (non-hydrogen) atoms. The van der Waals surface area contributed by atoms with Crippen LogP contribution in [0.4, 0.5) is 17.1 Å². The number of halogens is 2. The summed E-state index contributed by atoms with van der Waals surface area (Å²) in [4.78, 5) is 51.3. The van der Waals surface area contributed by atoms with Crippen molar-refractivity contribution in [1.82, 2.24) is 0 Å². The van der Waals surface area contributed by atoms with Gasteiger partial charge in [0.15, 0.2) is 0 Å². The van der Waals surface area contributed by atoms with Gasteiger partial charge in [-0.1, -0.05) is 35.3 Å². The van der Waals surface area contributed by atoms with Crippen molar-refractivity contribution in [1.29, 1.82) is 0 Å². The first-order chi connectivity index (χ1) is 17.3. The predicted molar refractivity (Wildman–Crippen MR) is 137 cm³/mol. The van der Waals surface area contributed by atoms with Gasteiger partial charge in [-0.2, -0.15) is 0 Å². The van der Waals surface area contributed by atoms with E-state index in [1.807, 2.05) is 0 Å². The van der Waals surface area contributed by atoms with Gasteiger partial charge in [-0.05, 0) is 67.6 Å². The Morgan fingerprint density at radius 3 is 2.19 bits per heavy atom. The van der Waals surface area contributed by atoms with E-state index in [4.69, 9.17) is 27.9 Å². The number of amides is 3.